The maximum atomic E-state index is 9.90. The molecule has 0 aromatic rings. The van der Waals surface area contributed by atoms with Crippen molar-refractivity contribution >= 4 is 0 Å². The lowest BCUT2D eigenvalue weighted by Crippen LogP contribution is -2.44. The number of aliphatic hydroxyl groups excluding tert-OH is 2. The van der Waals surface area contributed by atoms with E-state index in [1.165, 1.54) is 0 Å². The molecule has 3 N–H and O–H groups in total. The van der Waals surface area contributed by atoms with Gasteiger partial charge in [0.25, 0.3) is 0 Å². The monoisotopic (exact) mass is 241 g/mol. The van der Waals surface area contributed by atoms with Gasteiger partial charge >= 0.3 is 0 Å². The summed E-state index contributed by atoms with van der Waals surface area (Å²) in [5.74, 6) is -0.00786. The van der Waals surface area contributed by atoms with Crippen LogP contribution in [-0.4, -0.2) is 35.5 Å². The second-order valence-corrected chi connectivity index (χ2v) is 5.68. The van der Waals surface area contributed by atoms with Gasteiger partial charge in [-0.3, -0.25) is 0 Å². The van der Waals surface area contributed by atoms with Gasteiger partial charge in [-0.25, -0.2) is 0 Å². The Morgan fingerprint density at radius 2 is 1.94 bits per heavy atom. The molecular formula is C14H27NO2. The van der Waals surface area contributed by atoms with Crippen LogP contribution >= 0.6 is 0 Å². The molecule has 0 aromatic heterocycles. The van der Waals surface area contributed by atoms with E-state index in [9.17, 15) is 10.2 Å². The number of hydrogen-bond acceptors (Lipinski definition) is 3. The van der Waals surface area contributed by atoms with Crippen molar-refractivity contribution in [3.05, 3.63) is 24.8 Å². The molecule has 3 heteroatoms. The number of hydrogen-bond donors (Lipinski definition) is 3. The van der Waals surface area contributed by atoms with Crippen molar-refractivity contribution in [3.8, 4) is 0 Å². The van der Waals surface area contributed by atoms with Gasteiger partial charge in [0.1, 0.15) is 0 Å². The molecule has 0 aromatic carbocycles. The lowest BCUT2D eigenvalue weighted by Gasteiger charge is -2.31. The fourth-order valence-corrected chi connectivity index (χ4v) is 1.50. The quantitative estimate of drug-likeness (QED) is 0.595. The predicted molar refractivity (Wildman–Crippen MR) is 72.8 cm³/mol. The molecule has 3 unspecified atom stereocenters. The first-order valence-corrected chi connectivity index (χ1v) is 6.06. The Kier molecular flexibility index (Phi) is 6.68. The smallest absolute Gasteiger partial charge is 0.0819 e. The molecule has 100 valence electrons. The van der Waals surface area contributed by atoms with E-state index in [2.05, 4.69) is 39.2 Å². The van der Waals surface area contributed by atoms with Crippen molar-refractivity contribution in [1.29, 1.82) is 0 Å². The summed E-state index contributed by atoms with van der Waals surface area (Å²) in [7, 11) is 0. The highest BCUT2D eigenvalue weighted by molar-refractivity contribution is 5.08. The van der Waals surface area contributed by atoms with Crippen LogP contribution in [0.4, 0.5) is 0 Å². The van der Waals surface area contributed by atoms with E-state index in [0.717, 1.165) is 5.57 Å². The Hall–Kier alpha value is -0.640. The molecule has 0 saturated carbocycles. The molecule has 0 aliphatic rings. The van der Waals surface area contributed by atoms with Crippen LogP contribution in [0.3, 0.4) is 0 Å². The minimum absolute atomic E-state index is 0.00786. The van der Waals surface area contributed by atoms with Crippen molar-refractivity contribution < 1.29 is 10.2 Å². The first kappa shape index (κ1) is 16.4. The summed E-state index contributed by atoms with van der Waals surface area (Å²) < 4.78 is 0. The molecule has 17 heavy (non-hydrogen) atoms. The zero-order chi connectivity index (χ0) is 13.6. The molecule has 0 heterocycles. The highest BCUT2D eigenvalue weighted by Crippen LogP contribution is 2.19. The fraction of sp³-hybridized carbons (Fsp3) is 0.714. The first-order chi connectivity index (χ1) is 7.73. The highest BCUT2D eigenvalue weighted by Gasteiger charge is 2.24. The van der Waals surface area contributed by atoms with Crippen LogP contribution in [-0.2, 0) is 0 Å². The maximum Gasteiger partial charge on any atom is 0.0819 e. The van der Waals surface area contributed by atoms with Crippen LogP contribution < -0.4 is 5.32 Å². The predicted octanol–water partition coefficient (Wildman–Crippen LogP) is 1.72. The normalized spacial score (nSPS) is 17.3. The van der Waals surface area contributed by atoms with Gasteiger partial charge < -0.3 is 15.5 Å². The van der Waals surface area contributed by atoms with Gasteiger partial charge in [0.15, 0.2) is 0 Å². The molecule has 0 rings (SSSR count). The largest absolute Gasteiger partial charge is 0.395 e. The van der Waals surface area contributed by atoms with Crippen molar-refractivity contribution in [2.75, 3.05) is 13.2 Å². The summed E-state index contributed by atoms with van der Waals surface area (Å²) >= 11 is 0. The number of rotatable bonds is 7. The van der Waals surface area contributed by atoms with Gasteiger partial charge in [-0.05, 0) is 11.0 Å². The molecular weight excluding hydrogens is 214 g/mol. The van der Waals surface area contributed by atoms with Crippen molar-refractivity contribution in [2.45, 2.75) is 39.8 Å². The Morgan fingerprint density at radius 1 is 1.41 bits per heavy atom. The third kappa shape index (κ3) is 5.48. The van der Waals surface area contributed by atoms with Gasteiger partial charge in [0, 0.05) is 18.5 Å². The summed E-state index contributed by atoms with van der Waals surface area (Å²) in [6, 6.07) is -0.00881. The third-order valence-corrected chi connectivity index (χ3v) is 3.09. The van der Waals surface area contributed by atoms with E-state index in [-0.39, 0.29) is 24.0 Å². The van der Waals surface area contributed by atoms with E-state index in [0.29, 0.717) is 6.54 Å². The molecule has 3 atom stereocenters. The Bertz CT molecular complexity index is 255. The summed E-state index contributed by atoms with van der Waals surface area (Å²) in [6.45, 7) is 16.2. The van der Waals surface area contributed by atoms with Crippen molar-refractivity contribution in [3.63, 3.8) is 0 Å². The van der Waals surface area contributed by atoms with E-state index in [1.54, 1.807) is 6.08 Å². The third-order valence-electron chi connectivity index (χ3n) is 3.09. The summed E-state index contributed by atoms with van der Waals surface area (Å²) in [5.41, 5.74) is 0.699. The number of nitrogens with one attached hydrogen (secondary N) is 1. The molecule has 0 fully saturated rings. The van der Waals surface area contributed by atoms with E-state index in [1.807, 2.05) is 6.92 Å². The molecule has 0 radical (unpaired) electrons. The average Bonchev–Trinajstić information content (AvgIpc) is 2.25. The van der Waals surface area contributed by atoms with Gasteiger partial charge in [-0.1, -0.05) is 40.3 Å². The van der Waals surface area contributed by atoms with Crippen LogP contribution in [0.1, 0.15) is 27.7 Å². The molecule has 0 saturated heterocycles. The van der Waals surface area contributed by atoms with Crippen LogP contribution in [0.25, 0.3) is 0 Å². The van der Waals surface area contributed by atoms with Crippen LogP contribution in [0.5, 0.6) is 0 Å². The second-order valence-electron chi connectivity index (χ2n) is 5.68. The Balaban J connectivity index is 4.27. The Labute approximate surface area is 105 Å². The van der Waals surface area contributed by atoms with Crippen LogP contribution in [0.2, 0.25) is 0 Å². The van der Waals surface area contributed by atoms with Crippen molar-refractivity contribution in [1.82, 2.24) is 5.32 Å². The first-order valence-electron chi connectivity index (χ1n) is 6.06. The minimum Gasteiger partial charge on any atom is -0.395 e. The topological polar surface area (TPSA) is 52.5 Å². The molecule has 3 nitrogen and oxygen atoms in total. The Morgan fingerprint density at radius 3 is 2.29 bits per heavy atom. The van der Waals surface area contributed by atoms with Crippen molar-refractivity contribution in [2.24, 2.45) is 11.3 Å². The van der Waals surface area contributed by atoms with Gasteiger partial charge in [0.2, 0.25) is 0 Å². The van der Waals surface area contributed by atoms with E-state index in [4.69, 9.17) is 0 Å². The van der Waals surface area contributed by atoms with E-state index < -0.39 is 6.10 Å². The highest BCUT2D eigenvalue weighted by atomic mass is 16.3. The zero-order valence-corrected chi connectivity index (χ0v) is 11.5. The summed E-state index contributed by atoms with van der Waals surface area (Å²) in [6.07, 6.45) is 1.13. The molecule has 0 aliphatic carbocycles. The maximum absolute atomic E-state index is 9.90. The fourth-order valence-electron chi connectivity index (χ4n) is 1.50. The molecule has 0 amide bonds. The van der Waals surface area contributed by atoms with Crippen LogP contribution in [0.15, 0.2) is 24.8 Å². The summed E-state index contributed by atoms with van der Waals surface area (Å²) in [4.78, 5) is 0. The standard InChI is InChI=1S/C14H27NO2/c1-7-10(2)13(17)11(3)8-15-12(9-16)14(4,5)6/h7,10,12-13,15-17H,1,3,8-9H2,2,4-6H3. The lowest BCUT2D eigenvalue weighted by molar-refractivity contribution is 0.149. The van der Waals surface area contributed by atoms with Gasteiger partial charge in [0.05, 0.1) is 12.7 Å². The SMILES string of the molecule is C=CC(C)C(O)C(=C)CNC(CO)C(C)(C)C. The minimum atomic E-state index is -0.584. The lowest BCUT2D eigenvalue weighted by atomic mass is 9.87. The molecule has 0 bridgehead atoms. The van der Waals surface area contributed by atoms with Gasteiger partial charge in [-0.2, -0.15) is 0 Å². The van der Waals surface area contributed by atoms with Crippen LogP contribution in [0, 0.1) is 11.3 Å². The van der Waals surface area contributed by atoms with E-state index >= 15 is 0 Å². The zero-order valence-electron chi connectivity index (χ0n) is 11.5. The van der Waals surface area contributed by atoms with Gasteiger partial charge in [-0.15, -0.1) is 6.58 Å². The number of aliphatic hydroxyl groups is 2. The molecule has 0 aliphatic heterocycles. The molecule has 0 spiro atoms. The summed E-state index contributed by atoms with van der Waals surface area (Å²) in [5, 5.41) is 22.4. The second kappa shape index (κ2) is 6.94. The average molecular weight is 241 g/mol.